The Hall–Kier alpha value is -4.39. The average Bonchev–Trinajstić information content (AvgIpc) is 3.63. The lowest BCUT2D eigenvalue weighted by Crippen LogP contribution is -2.26. The fourth-order valence-corrected chi connectivity index (χ4v) is 4.40. The molecule has 0 saturated carbocycles. The quantitative estimate of drug-likeness (QED) is 0.188. The number of hydrogen-bond acceptors (Lipinski definition) is 6. The van der Waals surface area contributed by atoms with Crippen molar-refractivity contribution in [2.75, 3.05) is 36.8 Å². The summed E-state index contributed by atoms with van der Waals surface area (Å²) in [6, 6.07) is 6.58. The Bertz CT molecular complexity index is 1470. The van der Waals surface area contributed by atoms with Crippen LogP contribution < -0.4 is 10.6 Å². The zero-order chi connectivity index (χ0) is 29.6. The minimum atomic E-state index is -4.98. The number of aryl methyl sites for hydroxylation is 1. The minimum Gasteiger partial charge on any atom is -0.381 e. The molecule has 1 amide bonds. The Balaban J connectivity index is 1.56. The summed E-state index contributed by atoms with van der Waals surface area (Å²) in [5.41, 5.74) is 0.762. The number of allylic oxidation sites excluding steroid dienone is 1. The molecule has 0 atom stereocenters. The maximum absolute atomic E-state index is 14.8. The first kappa shape index (κ1) is 29.6. The number of nitrogens with zero attached hydrogens (tertiary/aromatic N) is 6. The minimum absolute atomic E-state index is 0.243. The molecule has 216 valence electrons. The highest BCUT2D eigenvalue weighted by atomic mass is 19.4. The molecule has 0 radical (unpaired) electrons. The van der Waals surface area contributed by atoms with Crippen molar-refractivity contribution in [3.63, 3.8) is 0 Å². The lowest BCUT2D eigenvalue weighted by atomic mass is 10.1. The van der Waals surface area contributed by atoms with Crippen LogP contribution in [0.4, 0.5) is 28.9 Å². The summed E-state index contributed by atoms with van der Waals surface area (Å²) in [5.74, 6) is -2.26. The highest BCUT2D eigenvalue weighted by molar-refractivity contribution is 6.05. The summed E-state index contributed by atoms with van der Waals surface area (Å²) >= 11 is 0. The number of aromatic nitrogens is 3. The van der Waals surface area contributed by atoms with Crippen molar-refractivity contribution in [1.29, 1.82) is 0 Å². The zero-order valence-corrected chi connectivity index (χ0v) is 22.7. The van der Waals surface area contributed by atoms with E-state index in [1.54, 1.807) is 37.5 Å². The van der Waals surface area contributed by atoms with Gasteiger partial charge in [-0.1, -0.05) is 11.3 Å². The van der Waals surface area contributed by atoms with E-state index in [2.05, 4.69) is 42.5 Å². The number of carbonyl (C=O) groups excluding carboxylic acids is 1. The fourth-order valence-electron chi connectivity index (χ4n) is 4.40. The maximum Gasteiger partial charge on any atom is 0.419 e. The lowest BCUT2D eigenvalue weighted by molar-refractivity contribution is -0.139. The Labute approximate surface area is 234 Å². The number of benzene rings is 2. The number of rotatable bonds is 10. The first-order valence-electron chi connectivity index (χ1n) is 12.9. The molecule has 13 heteroatoms. The number of carbonyl (C=O) groups is 1. The molecular formula is C28H30F4N8O. The second-order valence-electron chi connectivity index (χ2n) is 9.62. The molecule has 3 aromatic rings. The molecule has 0 spiro atoms. The van der Waals surface area contributed by atoms with Crippen LogP contribution in [-0.4, -0.2) is 65.0 Å². The zero-order valence-electron chi connectivity index (χ0n) is 22.7. The lowest BCUT2D eigenvalue weighted by Gasteiger charge is -2.18. The second kappa shape index (κ2) is 12.9. The van der Waals surface area contributed by atoms with Gasteiger partial charge < -0.3 is 15.5 Å². The number of halogens is 4. The van der Waals surface area contributed by atoms with Crippen molar-refractivity contribution >= 4 is 35.9 Å². The molecule has 0 aliphatic carbocycles. The summed E-state index contributed by atoms with van der Waals surface area (Å²) in [6.07, 6.45) is 1.65. The normalized spacial score (nSPS) is 14.5. The van der Waals surface area contributed by atoms with E-state index in [9.17, 15) is 22.4 Å². The number of alkyl halides is 3. The van der Waals surface area contributed by atoms with Gasteiger partial charge in [0.25, 0.3) is 5.91 Å². The van der Waals surface area contributed by atoms with Crippen LogP contribution in [0, 0.1) is 12.7 Å². The average molecular weight is 571 g/mol. The molecule has 9 nitrogen and oxygen atoms in total. The Morgan fingerprint density at radius 3 is 2.66 bits per heavy atom. The van der Waals surface area contributed by atoms with Crippen LogP contribution in [-0.2, 0) is 6.18 Å². The van der Waals surface area contributed by atoms with Gasteiger partial charge in [-0.2, -0.15) is 13.2 Å². The van der Waals surface area contributed by atoms with Crippen molar-refractivity contribution in [1.82, 2.24) is 19.9 Å². The first-order valence-corrected chi connectivity index (χ1v) is 12.9. The van der Waals surface area contributed by atoms with Crippen LogP contribution >= 0.6 is 0 Å². The van der Waals surface area contributed by atoms with Crippen molar-refractivity contribution < 1.29 is 22.4 Å². The second-order valence-corrected chi connectivity index (χ2v) is 9.62. The standard InChI is InChI=1S/C28H30F4N8O/c1-18-6-7-21(14-25(18)40-16-24(37-38-40)19(2)15-34-17-33-3)36-27(41)20-12-22(28(30,31)32)26(29)23(13-20)35-8-11-39-9-4-5-10-39/h6-7,12-17,35H,3-5,8-11H2,1-2H3,(H,36,41)/b19-15+,34-17?. The molecule has 4 rings (SSSR count). The smallest absolute Gasteiger partial charge is 0.381 e. The Morgan fingerprint density at radius 2 is 1.95 bits per heavy atom. The molecule has 1 fully saturated rings. The molecule has 0 unspecified atom stereocenters. The van der Waals surface area contributed by atoms with E-state index in [0.29, 0.717) is 29.7 Å². The van der Waals surface area contributed by atoms with Gasteiger partial charge in [0.1, 0.15) is 12.0 Å². The molecule has 2 aromatic carbocycles. The van der Waals surface area contributed by atoms with Gasteiger partial charge in [-0.25, -0.2) is 14.1 Å². The van der Waals surface area contributed by atoms with Crippen LogP contribution in [0.25, 0.3) is 11.3 Å². The van der Waals surface area contributed by atoms with Gasteiger partial charge in [-0.15, -0.1) is 5.10 Å². The van der Waals surface area contributed by atoms with Gasteiger partial charge in [0.15, 0.2) is 5.82 Å². The van der Waals surface area contributed by atoms with Gasteiger partial charge in [0.2, 0.25) is 0 Å². The van der Waals surface area contributed by atoms with Gasteiger partial charge in [0, 0.05) is 30.5 Å². The summed E-state index contributed by atoms with van der Waals surface area (Å²) in [4.78, 5) is 22.7. The van der Waals surface area contributed by atoms with Gasteiger partial charge >= 0.3 is 6.18 Å². The topological polar surface area (TPSA) is 99.8 Å². The molecule has 2 heterocycles. The summed E-state index contributed by atoms with van der Waals surface area (Å²) in [5, 5.41) is 13.6. The van der Waals surface area contributed by atoms with E-state index in [4.69, 9.17) is 0 Å². The van der Waals surface area contributed by atoms with E-state index in [1.165, 1.54) is 11.0 Å². The van der Waals surface area contributed by atoms with E-state index in [-0.39, 0.29) is 17.8 Å². The Kier molecular flexibility index (Phi) is 9.28. The van der Waals surface area contributed by atoms with Crippen LogP contribution in [0.15, 0.2) is 52.7 Å². The number of aliphatic imine (C=N–C) groups is 2. The van der Waals surface area contributed by atoms with Crippen molar-refractivity contribution in [2.45, 2.75) is 32.9 Å². The third kappa shape index (κ3) is 7.42. The first-order chi connectivity index (χ1) is 19.6. The molecule has 41 heavy (non-hydrogen) atoms. The monoisotopic (exact) mass is 570 g/mol. The predicted octanol–water partition coefficient (Wildman–Crippen LogP) is 5.58. The molecular weight excluding hydrogens is 540 g/mol. The largest absolute Gasteiger partial charge is 0.419 e. The maximum atomic E-state index is 14.8. The SMILES string of the molecule is C=NC=N/C=C(\C)c1cn(-c2cc(NC(=O)c3cc(NCCN4CCCC4)c(F)c(C(F)(F)F)c3)ccc2C)nn1. The van der Waals surface area contributed by atoms with E-state index >= 15 is 0 Å². The third-order valence-corrected chi connectivity index (χ3v) is 6.61. The highest BCUT2D eigenvalue weighted by Gasteiger charge is 2.36. The van der Waals surface area contributed by atoms with Crippen molar-refractivity contribution in [2.24, 2.45) is 9.98 Å². The molecule has 1 aliphatic heterocycles. The van der Waals surface area contributed by atoms with E-state index < -0.39 is 23.5 Å². The number of nitrogens with one attached hydrogen (secondary N) is 2. The fraction of sp³-hybridized carbons (Fsp3) is 0.321. The highest BCUT2D eigenvalue weighted by Crippen LogP contribution is 2.35. The molecule has 1 aliphatic rings. The molecule has 1 aromatic heterocycles. The van der Waals surface area contributed by atoms with Crippen LogP contribution in [0.5, 0.6) is 0 Å². The van der Waals surface area contributed by atoms with Crippen molar-refractivity contribution in [3.8, 4) is 5.69 Å². The molecule has 1 saturated heterocycles. The predicted molar refractivity (Wildman–Crippen MR) is 151 cm³/mol. The number of anilines is 2. The number of amides is 1. The molecule has 2 N–H and O–H groups in total. The van der Waals surface area contributed by atoms with Gasteiger partial charge in [-0.05, 0) is 81.9 Å². The van der Waals surface area contributed by atoms with Crippen LogP contribution in [0.1, 0.15) is 46.9 Å². The van der Waals surface area contributed by atoms with Gasteiger partial charge in [0.05, 0.1) is 23.1 Å². The Morgan fingerprint density at radius 1 is 1.20 bits per heavy atom. The summed E-state index contributed by atoms with van der Waals surface area (Å²) in [6.45, 7) is 9.54. The van der Waals surface area contributed by atoms with Gasteiger partial charge in [-0.3, -0.25) is 9.79 Å². The third-order valence-electron chi connectivity index (χ3n) is 6.61. The van der Waals surface area contributed by atoms with Crippen LogP contribution in [0.2, 0.25) is 0 Å². The van der Waals surface area contributed by atoms with E-state index in [1.807, 2.05) is 6.92 Å². The summed E-state index contributed by atoms with van der Waals surface area (Å²) in [7, 11) is 0. The molecule has 0 bridgehead atoms. The van der Waals surface area contributed by atoms with Crippen molar-refractivity contribution in [3.05, 3.63) is 70.9 Å². The van der Waals surface area contributed by atoms with Crippen LogP contribution in [0.3, 0.4) is 0 Å². The number of hydrogen-bond donors (Lipinski definition) is 2. The number of likely N-dealkylation sites (tertiary alicyclic amines) is 1. The van der Waals surface area contributed by atoms with E-state index in [0.717, 1.165) is 43.1 Å². The summed E-state index contributed by atoms with van der Waals surface area (Å²) < 4.78 is 57.3.